The SMILES string of the molecule is CCOC(=O)C(C#N)(CCCN(C)CCc1ccc(C)c(OC)c1)c1ccc(CO)c(CO)c1.COC(=O)C(C#N)(CCCN(C)CCc1ccc(C)c(OC)c1)c1ccc(CO)c(CO)c1.COC(=O)C(CCCN(C)CCc1ccc(C)c(OC)c1)(C(=O)OC)c1ccc(CO)c(CO)c1.COC(=O)C(CCCN(C)CCc1ccc(C)c(OC)c1)c1ccc(CO)c(CO)c1. The smallest absolute Gasteiger partial charge is 0.331 e. The van der Waals surface area contributed by atoms with Crippen LogP contribution in [0.25, 0.3) is 0 Å². The van der Waals surface area contributed by atoms with E-state index < -0.39 is 46.0 Å². The molecule has 0 saturated heterocycles. The van der Waals surface area contributed by atoms with Crippen molar-refractivity contribution in [2.75, 3.05) is 144 Å². The standard InChI is InChI=1S/C27H36N2O5.C27H37NO7.C26H34N2O5.C25H35NO5/c1-5-34-26(32)27(19-28,24-10-9-22(17-30)23(16-24)18-31)12-6-13-29(3)14-11-21-8-7-20(2)25(15-21)33-4;1-19-7-8-20(15-24(19)33-3)11-14-28(2)13-6-12-27(25(31)34-4,26(32)35-5)23-10-9-21(17-29)22(16-23)18-30;1-19-6-7-20(14-24(19)32-3)10-13-28(2)12-5-11-26(18-27,25(31)33-4)23-9-8-21(16-29)22(15-23)17-30;1-18-7-8-19(14-24(18)30-3)11-13-26(2)12-5-6-23(25(29)31-4)20-9-10-21(16-27)22(15-20)17-28/h7-10,15-16,30-31H,5-6,11-14,17-18H2,1-4H3;7-10,15-16,29-30H,6,11-14,17-18H2,1-5H3;6-9,14-15,29-30H,5,10-13,16-17H2,1-4H3;7-10,14-15,23,27-28H,5-6,11-13,16-17H2,1-4H3. The van der Waals surface area contributed by atoms with Gasteiger partial charge in [-0.25, -0.2) is 9.59 Å². The summed E-state index contributed by atoms with van der Waals surface area (Å²) in [5.74, 6) is 0.194. The predicted octanol–water partition coefficient (Wildman–Crippen LogP) is 11.9. The van der Waals surface area contributed by atoms with Crippen LogP contribution in [0, 0.1) is 50.4 Å². The molecule has 0 spiro atoms. The highest BCUT2D eigenvalue weighted by Gasteiger charge is 2.50. The first-order valence-corrected chi connectivity index (χ1v) is 44.9. The van der Waals surface area contributed by atoms with E-state index >= 15 is 0 Å². The van der Waals surface area contributed by atoms with Crippen molar-refractivity contribution >= 4 is 29.8 Å². The van der Waals surface area contributed by atoms with Gasteiger partial charge in [-0.05, 0) is 302 Å². The highest BCUT2D eigenvalue weighted by molar-refractivity contribution is 6.06. The van der Waals surface area contributed by atoms with Crippen LogP contribution in [0.3, 0.4) is 0 Å². The lowest BCUT2D eigenvalue weighted by atomic mass is 9.75. The van der Waals surface area contributed by atoms with Gasteiger partial charge >= 0.3 is 29.8 Å². The second-order valence-electron chi connectivity index (χ2n) is 33.3. The highest BCUT2D eigenvalue weighted by Crippen LogP contribution is 2.38. The number of likely N-dealkylation sites (N-methyl/N-ethyl adjacent to an activating group) is 4. The average molecular weight is 1840 g/mol. The minimum absolute atomic E-state index is 0.142. The summed E-state index contributed by atoms with van der Waals surface area (Å²) in [6.07, 6.45) is 7.42. The summed E-state index contributed by atoms with van der Waals surface area (Å²) in [7, 11) is 19.9. The molecule has 724 valence electrons. The first-order chi connectivity index (χ1) is 63.9. The van der Waals surface area contributed by atoms with E-state index in [9.17, 15) is 75.3 Å². The number of ether oxygens (including phenoxy) is 9. The van der Waals surface area contributed by atoms with E-state index in [1.807, 2.05) is 67.0 Å². The Bertz CT molecular complexity index is 5070. The minimum Gasteiger partial charge on any atom is -0.496 e. The zero-order valence-corrected chi connectivity index (χ0v) is 80.9. The average Bonchev–Trinajstić information content (AvgIpc) is 0.761. The third-order valence-electron chi connectivity index (χ3n) is 24.5. The van der Waals surface area contributed by atoms with E-state index in [1.54, 1.807) is 102 Å². The lowest BCUT2D eigenvalue weighted by Crippen LogP contribution is -2.46. The van der Waals surface area contributed by atoms with Crippen LogP contribution in [0.5, 0.6) is 23.0 Å². The molecule has 3 unspecified atom stereocenters. The molecule has 0 aromatic heterocycles. The Morgan fingerprint density at radius 3 is 0.932 bits per heavy atom. The van der Waals surface area contributed by atoms with Gasteiger partial charge in [0.15, 0.2) is 16.2 Å². The summed E-state index contributed by atoms with van der Waals surface area (Å²) in [5.41, 5.74) is 11.1. The molecule has 0 bridgehead atoms. The molecule has 0 saturated carbocycles. The Hall–Kier alpha value is -11.2. The number of aliphatic hydroxyl groups excluding tert-OH is 8. The molecule has 0 aliphatic carbocycles. The van der Waals surface area contributed by atoms with Crippen molar-refractivity contribution < 1.29 is 107 Å². The number of nitriles is 2. The van der Waals surface area contributed by atoms with E-state index in [1.165, 1.54) is 50.7 Å². The van der Waals surface area contributed by atoms with Gasteiger partial charge in [-0.2, -0.15) is 10.5 Å². The summed E-state index contributed by atoms with van der Waals surface area (Å²) in [6, 6.07) is 49.2. The zero-order valence-electron chi connectivity index (χ0n) is 80.9. The summed E-state index contributed by atoms with van der Waals surface area (Å²) in [5, 5.41) is 96.6. The van der Waals surface area contributed by atoms with Crippen molar-refractivity contribution in [2.24, 2.45) is 0 Å². The number of hydrogen-bond donors (Lipinski definition) is 8. The highest BCUT2D eigenvalue weighted by atomic mass is 16.6. The van der Waals surface area contributed by atoms with E-state index in [0.717, 1.165) is 116 Å². The summed E-state index contributed by atoms with van der Waals surface area (Å²) in [6.45, 7) is 14.2. The fourth-order valence-corrected chi connectivity index (χ4v) is 16.0. The van der Waals surface area contributed by atoms with E-state index in [0.29, 0.717) is 107 Å². The predicted molar refractivity (Wildman–Crippen MR) is 510 cm³/mol. The summed E-state index contributed by atoms with van der Waals surface area (Å²) >= 11 is 0. The van der Waals surface area contributed by atoms with Crippen LogP contribution in [0.2, 0.25) is 0 Å². The van der Waals surface area contributed by atoms with Crippen LogP contribution in [0.1, 0.15) is 175 Å². The number of nitrogens with zero attached hydrogens (tertiary/aromatic N) is 6. The van der Waals surface area contributed by atoms with Crippen LogP contribution >= 0.6 is 0 Å². The molecule has 3 atom stereocenters. The fourth-order valence-electron chi connectivity index (χ4n) is 16.0. The number of benzene rings is 8. The molecule has 0 amide bonds. The van der Waals surface area contributed by atoms with Crippen molar-refractivity contribution in [3.8, 4) is 35.1 Å². The van der Waals surface area contributed by atoms with Crippen LogP contribution in [-0.4, -0.2) is 234 Å². The van der Waals surface area contributed by atoms with Crippen molar-refractivity contribution in [3.63, 3.8) is 0 Å². The Balaban J connectivity index is 0.000000314. The number of esters is 5. The Kier molecular flexibility index (Phi) is 49.0. The number of methoxy groups -OCH3 is 8. The maximum atomic E-state index is 13.0. The lowest BCUT2D eigenvalue weighted by Gasteiger charge is -2.30. The third-order valence-corrected chi connectivity index (χ3v) is 24.5. The van der Waals surface area contributed by atoms with Crippen LogP contribution in [0.15, 0.2) is 146 Å². The van der Waals surface area contributed by atoms with Crippen molar-refractivity contribution in [3.05, 3.63) is 257 Å². The number of rotatable bonds is 50. The van der Waals surface area contributed by atoms with E-state index in [4.69, 9.17) is 42.6 Å². The molecular weight excluding hydrogens is 1700 g/mol. The minimum atomic E-state index is -1.67. The van der Waals surface area contributed by atoms with Gasteiger partial charge < -0.3 is 103 Å². The number of aliphatic hydroxyl groups is 8. The van der Waals surface area contributed by atoms with Gasteiger partial charge in [-0.1, -0.05) is 121 Å². The molecule has 8 aromatic carbocycles. The number of aryl methyl sites for hydroxylation is 4. The van der Waals surface area contributed by atoms with Crippen molar-refractivity contribution in [1.29, 1.82) is 10.5 Å². The second-order valence-corrected chi connectivity index (χ2v) is 33.3. The molecule has 28 nitrogen and oxygen atoms in total. The fraction of sp³-hybridized carbons (Fsp3) is 0.476. The molecule has 8 rings (SSSR count). The zero-order chi connectivity index (χ0) is 98.4. The van der Waals surface area contributed by atoms with Crippen molar-refractivity contribution in [2.45, 2.75) is 187 Å². The van der Waals surface area contributed by atoms with Gasteiger partial charge in [0.05, 0.1) is 134 Å². The topological polar surface area (TPSA) is 391 Å². The van der Waals surface area contributed by atoms with Gasteiger partial charge in [0, 0.05) is 26.2 Å². The van der Waals surface area contributed by atoms with Gasteiger partial charge in [0.2, 0.25) is 0 Å². The number of carbonyl (C=O) groups is 5. The second kappa shape index (κ2) is 58.1. The maximum absolute atomic E-state index is 13.0. The monoisotopic (exact) mass is 1840 g/mol. The molecule has 28 heteroatoms. The van der Waals surface area contributed by atoms with Crippen LogP contribution < -0.4 is 18.9 Å². The molecule has 0 radical (unpaired) electrons. The Morgan fingerprint density at radius 1 is 0.338 bits per heavy atom. The van der Waals surface area contributed by atoms with Crippen LogP contribution in [0.4, 0.5) is 0 Å². The molecule has 0 fully saturated rings. The largest absolute Gasteiger partial charge is 0.496 e. The summed E-state index contributed by atoms with van der Waals surface area (Å²) in [4.78, 5) is 72.8. The van der Waals surface area contributed by atoms with Crippen LogP contribution in [-0.2, 0) is 142 Å². The van der Waals surface area contributed by atoms with Gasteiger partial charge in [-0.3, -0.25) is 14.4 Å². The van der Waals surface area contributed by atoms with Gasteiger partial charge in [0.25, 0.3) is 0 Å². The van der Waals surface area contributed by atoms with Crippen molar-refractivity contribution in [1.82, 2.24) is 19.6 Å². The third kappa shape index (κ3) is 32.0. The Labute approximate surface area is 786 Å². The Morgan fingerprint density at radius 2 is 0.632 bits per heavy atom. The molecule has 0 heterocycles. The molecule has 0 aliphatic heterocycles. The number of hydrogen-bond acceptors (Lipinski definition) is 28. The molecule has 8 N–H and O–H groups in total. The van der Waals surface area contributed by atoms with E-state index in [-0.39, 0.29) is 84.7 Å². The maximum Gasteiger partial charge on any atom is 0.331 e. The molecule has 133 heavy (non-hydrogen) atoms. The summed E-state index contributed by atoms with van der Waals surface area (Å²) < 4.78 is 47.0. The van der Waals surface area contributed by atoms with Gasteiger partial charge in [-0.15, -0.1) is 0 Å². The molecule has 0 aliphatic rings. The normalized spacial score (nSPS) is 12.3. The first-order valence-electron chi connectivity index (χ1n) is 44.9. The number of carbonyl (C=O) groups excluding carboxylic acids is 5. The first kappa shape index (κ1) is 112. The van der Waals surface area contributed by atoms with E-state index in [2.05, 4.69) is 99.4 Å². The molecule has 8 aromatic rings. The van der Waals surface area contributed by atoms with Gasteiger partial charge in [0.1, 0.15) is 23.0 Å². The lowest BCUT2D eigenvalue weighted by molar-refractivity contribution is -0.162. The molecular formula is C105H142N6O22. The quantitative estimate of drug-likeness (QED) is 0.00997.